The maximum absolute atomic E-state index is 6.03. The summed E-state index contributed by atoms with van der Waals surface area (Å²) in [5.41, 5.74) is 0.931. The molecule has 0 saturated heterocycles. The predicted octanol–water partition coefficient (Wildman–Crippen LogP) is 2.78. The third-order valence-electron chi connectivity index (χ3n) is 5.00. The molecule has 0 unspecified atom stereocenters. The molecule has 0 saturated carbocycles. The van der Waals surface area contributed by atoms with Gasteiger partial charge in [0.1, 0.15) is 0 Å². The SMILES string of the molecule is COc1cc[c]([Bi]([c]2ccc(OC)cc2)[c]2ccccc2C2=NC(C)(C)CO2)cc1. The summed E-state index contributed by atoms with van der Waals surface area (Å²) in [4.78, 5) is 4.86. The standard InChI is InChI=1S/C11H12NO.2C7H7O.Bi/c1-11(2)8-13-10(12-11)9-6-4-3-5-7-9;2*1-8-7-5-3-2-4-6-7;/h3-6H,8H2,1-2H3;2*3-6H,1H3;. The van der Waals surface area contributed by atoms with Crippen molar-refractivity contribution in [2.75, 3.05) is 20.8 Å². The molecule has 0 aromatic heterocycles. The normalized spacial score (nSPS) is 14.9. The van der Waals surface area contributed by atoms with Gasteiger partial charge < -0.3 is 0 Å². The number of hydrogen-bond acceptors (Lipinski definition) is 4. The zero-order valence-electron chi connectivity index (χ0n) is 17.8. The van der Waals surface area contributed by atoms with Crippen molar-refractivity contribution >= 4 is 37.5 Å². The van der Waals surface area contributed by atoms with Crippen LogP contribution in [0, 0.1) is 0 Å². The molecule has 1 heterocycles. The van der Waals surface area contributed by atoms with Crippen LogP contribution >= 0.6 is 0 Å². The van der Waals surface area contributed by atoms with Crippen LogP contribution in [0.4, 0.5) is 0 Å². The summed E-state index contributed by atoms with van der Waals surface area (Å²) in [6, 6.07) is 25.6. The Morgan fingerprint density at radius 1 is 0.800 bits per heavy atom. The van der Waals surface area contributed by atoms with Crippen molar-refractivity contribution in [2.45, 2.75) is 19.4 Å². The van der Waals surface area contributed by atoms with Gasteiger partial charge in [0.15, 0.2) is 0 Å². The molecule has 0 spiro atoms. The van der Waals surface area contributed by atoms with Gasteiger partial charge in [-0.15, -0.1) is 0 Å². The first kappa shape index (κ1) is 20.9. The molecule has 0 N–H and O–H groups in total. The number of methoxy groups -OCH3 is 2. The van der Waals surface area contributed by atoms with Crippen LogP contribution in [-0.4, -0.2) is 54.0 Å². The van der Waals surface area contributed by atoms with Gasteiger partial charge in [-0.05, 0) is 0 Å². The van der Waals surface area contributed by atoms with Crippen LogP contribution in [-0.2, 0) is 4.74 Å². The van der Waals surface area contributed by atoms with Crippen molar-refractivity contribution in [2.24, 2.45) is 4.99 Å². The Labute approximate surface area is 186 Å². The zero-order valence-corrected chi connectivity index (χ0v) is 21.2. The van der Waals surface area contributed by atoms with Gasteiger partial charge in [0.25, 0.3) is 0 Å². The van der Waals surface area contributed by atoms with E-state index in [0.29, 0.717) is 6.61 Å². The van der Waals surface area contributed by atoms with Gasteiger partial charge in [0.2, 0.25) is 0 Å². The monoisotopic (exact) mass is 597 g/mol. The molecule has 1 aliphatic heterocycles. The van der Waals surface area contributed by atoms with Crippen molar-refractivity contribution in [3.05, 3.63) is 78.4 Å². The van der Waals surface area contributed by atoms with Crippen LogP contribution in [0.15, 0.2) is 77.8 Å². The fourth-order valence-electron chi connectivity index (χ4n) is 3.46. The second-order valence-electron chi connectivity index (χ2n) is 7.77. The van der Waals surface area contributed by atoms with Crippen LogP contribution in [0.25, 0.3) is 0 Å². The summed E-state index contributed by atoms with van der Waals surface area (Å²) < 4.78 is 20.9. The molecule has 0 atom stereocenters. The third kappa shape index (κ3) is 4.37. The molecule has 0 amide bonds. The minimum atomic E-state index is -2.62. The van der Waals surface area contributed by atoms with Gasteiger partial charge >= 0.3 is 187 Å². The van der Waals surface area contributed by atoms with Crippen molar-refractivity contribution in [3.63, 3.8) is 0 Å². The molecule has 0 fully saturated rings. The van der Waals surface area contributed by atoms with E-state index in [1.54, 1.807) is 14.2 Å². The fourth-order valence-corrected chi connectivity index (χ4v) is 12.8. The Morgan fingerprint density at radius 3 is 1.80 bits per heavy atom. The molecule has 5 heteroatoms. The number of hydrogen-bond donors (Lipinski definition) is 0. The topological polar surface area (TPSA) is 40.0 Å². The summed E-state index contributed by atoms with van der Waals surface area (Å²) in [5.74, 6) is 2.50. The molecule has 0 bridgehead atoms. The third-order valence-corrected chi connectivity index (χ3v) is 14.7. The van der Waals surface area contributed by atoms with E-state index in [4.69, 9.17) is 19.2 Å². The molecular formula is C25H26BiNO3. The van der Waals surface area contributed by atoms with Crippen LogP contribution < -0.4 is 19.3 Å². The number of benzene rings is 3. The number of nitrogens with zero attached hydrogens (tertiary/aromatic N) is 1. The molecule has 4 nitrogen and oxygen atoms in total. The van der Waals surface area contributed by atoms with Gasteiger partial charge in [-0.1, -0.05) is 0 Å². The Morgan fingerprint density at radius 2 is 1.33 bits per heavy atom. The summed E-state index contributed by atoms with van der Waals surface area (Å²) >= 11 is -2.62. The van der Waals surface area contributed by atoms with E-state index in [1.807, 2.05) is 0 Å². The Bertz CT molecular complexity index is 995. The molecule has 4 rings (SSSR count). The maximum atomic E-state index is 6.03. The average Bonchev–Trinajstić information content (AvgIpc) is 3.15. The van der Waals surface area contributed by atoms with Gasteiger partial charge in [-0.25, -0.2) is 0 Å². The first-order valence-electron chi connectivity index (χ1n) is 9.91. The summed E-state index contributed by atoms with van der Waals surface area (Å²) in [5, 5.41) is 0. The fraction of sp³-hybridized carbons (Fsp3) is 0.240. The Hall–Kier alpha value is -2.39. The van der Waals surface area contributed by atoms with E-state index >= 15 is 0 Å². The number of rotatable bonds is 6. The van der Waals surface area contributed by atoms with Crippen molar-refractivity contribution in [1.82, 2.24) is 0 Å². The van der Waals surface area contributed by atoms with Crippen LogP contribution in [0.2, 0.25) is 0 Å². The Balaban J connectivity index is 1.86. The van der Waals surface area contributed by atoms with E-state index in [-0.39, 0.29) is 5.54 Å². The van der Waals surface area contributed by atoms with Gasteiger partial charge in [-0.2, -0.15) is 0 Å². The number of ether oxygens (including phenoxy) is 3. The molecule has 1 aliphatic rings. The van der Waals surface area contributed by atoms with Crippen LogP contribution in [0.1, 0.15) is 19.4 Å². The molecule has 0 radical (unpaired) electrons. The Kier molecular flexibility index (Phi) is 6.10. The second-order valence-corrected chi connectivity index (χ2v) is 16.3. The summed E-state index contributed by atoms with van der Waals surface area (Å²) in [6.07, 6.45) is 0. The van der Waals surface area contributed by atoms with E-state index in [0.717, 1.165) is 23.0 Å². The van der Waals surface area contributed by atoms with E-state index in [9.17, 15) is 0 Å². The second kappa shape index (κ2) is 8.77. The van der Waals surface area contributed by atoms with E-state index in [2.05, 4.69) is 86.6 Å². The molecule has 3 aromatic carbocycles. The van der Waals surface area contributed by atoms with Crippen LogP contribution in [0.3, 0.4) is 0 Å². The summed E-state index contributed by atoms with van der Waals surface area (Å²) in [6.45, 7) is 4.83. The molecule has 0 aliphatic carbocycles. The van der Waals surface area contributed by atoms with Gasteiger partial charge in [0, 0.05) is 0 Å². The quantitative estimate of drug-likeness (QED) is 0.411. The molecule has 154 valence electrons. The molecule has 3 aromatic rings. The van der Waals surface area contributed by atoms with Crippen molar-refractivity contribution in [3.8, 4) is 11.5 Å². The average molecular weight is 597 g/mol. The van der Waals surface area contributed by atoms with E-state index < -0.39 is 21.8 Å². The zero-order chi connectivity index (χ0) is 21.1. The molecular weight excluding hydrogens is 571 g/mol. The first-order chi connectivity index (χ1) is 14.5. The van der Waals surface area contributed by atoms with Crippen LogP contribution in [0.5, 0.6) is 11.5 Å². The van der Waals surface area contributed by atoms with Gasteiger partial charge in [-0.3, -0.25) is 0 Å². The minimum absolute atomic E-state index is 0.188. The summed E-state index contributed by atoms with van der Waals surface area (Å²) in [7, 11) is 3.40. The first-order valence-corrected chi connectivity index (χ1v) is 15.1. The van der Waals surface area contributed by atoms with E-state index in [1.165, 1.54) is 9.81 Å². The predicted molar refractivity (Wildman–Crippen MR) is 124 cm³/mol. The number of aliphatic imine (C=N–C) groups is 1. The van der Waals surface area contributed by atoms with Gasteiger partial charge in [0.05, 0.1) is 0 Å². The van der Waals surface area contributed by atoms with Crippen molar-refractivity contribution in [1.29, 1.82) is 0 Å². The molecule has 30 heavy (non-hydrogen) atoms. The van der Waals surface area contributed by atoms with Crippen molar-refractivity contribution < 1.29 is 14.2 Å².